The molecule has 0 aliphatic rings. The molecule has 110 valence electrons. The van der Waals surface area contributed by atoms with Crippen molar-refractivity contribution in [1.82, 2.24) is 4.90 Å². The van der Waals surface area contributed by atoms with Crippen LogP contribution in [0.15, 0.2) is 11.4 Å². The van der Waals surface area contributed by atoms with Crippen LogP contribution in [-0.2, 0) is 11.3 Å². The SMILES string of the molecule is CC(C)C(C)C(=O)N(C)Cc1csc(C#CCCO)c1. The Balaban J connectivity index is 2.61. The first kappa shape index (κ1) is 16.7. The number of aliphatic hydroxyl groups is 1. The molecule has 0 spiro atoms. The highest BCUT2D eigenvalue weighted by Gasteiger charge is 2.20. The van der Waals surface area contributed by atoms with E-state index in [1.54, 1.807) is 16.2 Å². The summed E-state index contributed by atoms with van der Waals surface area (Å²) in [5, 5.41) is 10.7. The van der Waals surface area contributed by atoms with E-state index >= 15 is 0 Å². The van der Waals surface area contributed by atoms with Gasteiger partial charge in [-0.05, 0) is 22.9 Å². The van der Waals surface area contributed by atoms with Crippen molar-refractivity contribution >= 4 is 17.2 Å². The van der Waals surface area contributed by atoms with E-state index in [4.69, 9.17) is 5.11 Å². The van der Waals surface area contributed by atoms with Crippen molar-refractivity contribution in [2.24, 2.45) is 11.8 Å². The molecule has 0 saturated heterocycles. The third kappa shape index (κ3) is 4.99. The second-order valence-corrected chi connectivity index (χ2v) is 6.23. The number of aliphatic hydroxyl groups excluding tert-OH is 1. The molecule has 1 aromatic rings. The minimum absolute atomic E-state index is 0.0439. The molecule has 1 unspecified atom stereocenters. The van der Waals surface area contributed by atoms with Gasteiger partial charge in [-0.2, -0.15) is 0 Å². The van der Waals surface area contributed by atoms with Crippen LogP contribution in [0.4, 0.5) is 0 Å². The molecule has 4 heteroatoms. The van der Waals surface area contributed by atoms with Crippen LogP contribution >= 0.6 is 11.3 Å². The van der Waals surface area contributed by atoms with E-state index in [2.05, 4.69) is 25.7 Å². The van der Waals surface area contributed by atoms with Crippen molar-refractivity contribution in [2.75, 3.05) is 13.7 Å². The lowest BCUT2D eigenvalue weighted by Crippen LogP contribution is -2.33. The van der Waals surface area contributed by atoms with E-state index in [0.29, 0.717) is 18.9 Å². The highest BCUT2D eigenvalue weighted by atomic mass is 32.1. The van der Waals surface area contributed by atoms with Gasteiger partial charge < -0.3 is 10.0 Å². The van der Waals surface area contributed by atoms with Crippen LogP contribution in [0.1, 0.15) is 37.6 Å². The van der Waals surface area contributed by atoms with Crippen LogP contribution in [0.25, 0.3) is 0 Å². The van der Waals surface area contributed by atoms with Crippen LogP contribution in [0.5, 0.6) is 0 Å². The molecule has 0 aromatic carbocycles. The minimum Gasteiger partial charge on any atom is -0.395 e. The fourth-order valence-corrected chi connectivity index (χ4v) is 2.49. The topological polar surface area (TPSA) is 40.5 Å². The average Bonchev–Trinajstić information content (AvgIpc) is 2.84. The number of carbonyl (C=O) groups excluding carboxylic acids is 1. The van der Waals surface area contributed by atoms with Crippen LogP contribution in [-0.4, -0.2) is 29.6 Å². The predicted octanol–water partition coefficient (Wildman–Crippen LogP) is 2.73. The molecule has 20 heavy (non-hydrogen) atoms. The van der Waals surface area contributed by atoms with E-state index < -0.39 is 0 Å². The number of amides is 1. The Kier molecular flexibility index (Phi) is 6.77. The first-order chi connectivity index (χ1) is 9.45. The molecule has 0 aliphatic heterocycles. The number of hydrogen-bond acceptors (Lipinski definition) is 3. The maximum absolute atomic E-state index is 12.2. The van der Waals surface area contributed by atoms with Crippen LogP contribution in [0.2, 0.25) is 0 Å². The monoisotopic (exact) mass is 293 g/mol. The lowest BCUT2D eigenvalue weighted by Gasteiger charge is -2.23. The number of carbonyl (C=O) groups is 1. The lowest BCUT2D eigenvalue weighted by atomic mass is 9.97. The Morgan fingerprint density at radius 1 is 1.45 bits per heavy atom. The number of rotatable bonds is 5. The molecule has 0 saturated carbocycles. The third-order valence-corrected chi connectivity index (χ3v) is 4.18. The predicted molar refractivity (Wildman–Crippen MR) is 83.4 cm³/mol. The summed E-state index contributed by atoms with van der Waals surface area (Å²) in [4.78, 5) is 14.9. The van der Waals surface area contributed by atoms with Crippen molar-refractivity contribution in [2.45, 2.75) is 33.7 Å². The maximum atomic E-state index is 12.2. The molecule has 0 aliphatic carbocycles. The van der Waals surface area contributed by atoms with E-state index in [0.717, 1.165) is 10.4 Å². The van der Waals surface area contributed by atoms with E-state index in [1.165, 1.54) is 0 Å². The zero-order chi connectivity index (χ0) is 15.1. The summed E-state index contributed by atoms with van der Waals surface area (Å²) < 4.78 is 0. The molecule has 0 bridgehead atoms. The van der Waals surface area contributed by atoms with Gasteiger partial charge in [0.25, 0.3) is 0 Å². The number of nitrogens with zero attached hydrogens (tertiary/aromatic N) is 1. The van der Waals surface area contributed by atoms with E-state index in [1.807, 2.05) is 25.4 Å². The van der Waals surface area contributed by atoms with Gasteiger partial charge in [-0.25, -0.2) is 0 Å². The summed E-state index contributed by atoms with van der Waals surface area (Å²) in [7, 11) is 1.84. The third-order valence-electron chi connectivity index (χ3n) is 3.29. The second kappa shape index (κ2) is 8.08. The molecule has 1 atom stereocenters. The molecule has 0 radical (unpaired) electrons. The Morgan fingerprint density at radius 2 is 2.15 bits per heavy atom. The summed E-state index contributed by atoms with van der Waals surface area (Å²) in [6, 6.07) is 2.01. The number of thiophene rings is 1. The Labute approximate surface area is 125 Å². The molecule has 1 aromatic heterocycles. The van der Waals surface area contributed by atoms with Gasteiger partial charge in [-0.1, -0.05) is 32.6 Å². The van der Waals surface area contributed by atoms with Crippen molar-refractivity contribution in [3.8, 4) is 11.8 Å². The smallest absolute Gasteiger partial charge is 0.225 e. The van der Waals surface area contributed by atoms with Crippen molar-refractivity contribution in [3.63, 3.8) is 0 Å². The van der Waals surface area contributed by atoms with Gasteiger partial charge in [0.05, 0.1) is 11.5 Å². The van der Waals surface area contributed by atoms with Crippen molar-refractivity contribution in [3.05, 3.63) is 21.9 Å². The highest BCUT2D eigenvalue weighted by molar-refractivity contribution is 7.10. The molecule has 1 amide bonds. The van der Waals surface area contributed by atoms with Gasteiger partial charge in [-0.3, -0.25) is 4.79 Å². The van der Waals surface area contributed by atoms with Gasteiger partial charge in [0.15, 0.2) is 0 Å². The van der Waals surface area contributed by atoms with Gasteiger partial charge in [0.2, 0.25) is 5.91 Å². The van der Waals surface area contributed by atoms with Gasteiger partial charge in [0.1, 0.15) is 0 Å². The summed E-state index contributed by atoms with van der Waals surface area (Å²) in [5.41, 5.74) is 1.11. The van der Waals surface area contributed by atoms with Gasteiger partial charge >= 0.3 is 0 Å². The first-order valence-corrected chi connectivity index (χ1v) is 7.75. The zero-order valence-electron chi connectivity index (χ0n) is 12.6. The summed E-state index contributed by atoms with van der Waals surface area (Å²) >= 11 is 1.58. The average molecular weight is 293 g/mol. The maximum Gasteiger partial charge on any atom is 0.225 e. The summed E-state index contributed by atoms with van der Waals surface area (Å²) in [6.45, 7) is 6.82. The molecule has 1 heterocycles. The Morgan fingerprint density at radius 3 is 2.75 bits per heavy atom. The lowest BCUT2D eigenvalue weighted by molar-refractivity contribution is -0.135. The molecular weight excluding hydrogens is 270 g/mol. The standard InChI is InChI=1S/C16H23NO2S/c1-12(2)13(3)16(19)17(4)10-14-9-15(20-11-14)7-5-6-8-18/h9,11-13,18H,6,8,10H2,1-4H3. The molecule has 3 nitrogen and oxygen atoms in total. The fourth-order valence-electron chi connectivity index (χ4n) is 1.71. The summed E-state index contributed by atoms with van der Waals surface area (Å²) in [6.07, 6.45) is 0.498. The first-order valence-electron chi connectivity index (χ1n) is 6.87. The Hall–Kier alpha value is -1.31. The van der Waals surface area contributed by atoms with Crippen LogP contribution in [0.3, 0.4) is 0 Å². The molecule has 1 rings (SSSR count). The van der Waals surface area contributed by atoms with Crippen LogP contribution < -0.4 is 0 Å². The van der Waals surface area contributed by atoms with Crippen molar-refractivity contribution < 1.29 is 9.90 Å². The minimum atomic E-state index is 0.0439. The van der Waals surface area contributed by atoms with Crippen molar-refractivity contribution in [1.29, 1.82) is 0 Å². The zero-order valence-corrected chi connectivity index (χ0v) is 13.5. The number of hydrogen-bond donors (Lipinski definition) is 1. The second-order valence-electron chi connectivity index (χ2n) is 5.32. The van der Waals surface area contributed by atoms with Crippen LogP contribution in [0, 0.1) is 23.7 Å². The van der Waals surface area contributed by atoms with E-state index in [9.17, 15) is 4.79 Å². The van der Waals surface area contributed by atoms with Gasteiger partial charge in [0, 0.05) is 25.9 Å². The molecule has 0 fully saturated rings. The van der Waals surface area contributed by atoms with Gasteiger partial charge in [-0.15, -0.1) is 11.3 Å². The molecular formula is C16H23NO2S. The van der Waals surface area contributed by atoms with E-state index in [-0.39, 0.29) is 18.4 Å². The largest absolute Gasteiger partial charge is 0.395 e. The summed E-state index contributed by atoms with van der Waals surface area (Å²) in [5.74, 6) is 6.50. The molecule has 1 N–H and O–H groups in total. The quantitative estimate of drug-likeness (QED) is 0.848. The highest BCUT2D eigenvalue weighted by Crippen LogP contribution is 2.18. The Bertz CT molecular complexity index is 496. The normalized spacial score (nSPS) is 11.9. The fraction of sp³-hybridized carbons (Fsp3) is 0.562.